The van der Waals surface area contributed by atoms with E-state index in [2.05, 4.69) is 19.2 Å². The van der Waals surface area contributed by atoms with Crippen LogP contribution in [0.15, 0.2) is 12.2 Å². The quantitative estimate of drug-likeness (QED) is 0.0320. The monoisotopic (exact) mass is 1250 g/mol. The van der Waals surface area contributed by atoms with Gasteiger partial charge in [0.2, 0.25) is 5.91 Å². The van der Waals surface area contributed by atoms with Crippen molar-refractivity contribution in [2.75, 3.05) is 13.2 Å². The van der Waals surface area contributed by atoms with Crippen LogP contribution in [0.25, 0.3) is 0 Å². The van der Waals surface area contributed by atoms with Gasteiger partial charge in [0.05, 0.1) is 25.4 Å². The van der Waals surface area contributed by atoms with Gasteiger partial charge in [-0.05, 0) is 32.1 Å². The number of amides is 1. The summed E-state index contributed by atoms with van der Waals surface area (Å²) in [5, 5.41) is 23.3. The molecule has 0 aromatic heterocycles. The molecule has 0 radical (unpaired) electrons. The first-order valence-corrected chi connectivity index (χ1v) is 41.5. The minimum atomic E-state index is -0.843. The number of hydrogen-bond acceptors (Lipinski definition) is 5. The van der Waals surface area contributed by atoms with Crippen LogP contribution in [0.2, 0.25) is 0 Å². The summed E-state index contributed by atoms with van der Waals surface area (Å²) in [6.07, 6.45) is 101. The third kappa shape index (κ3) is 75.5. The van der Waals surface area contributed by atoms with Crippen LogP contribution < -0.4 is 5.32 Å². The van der Waals surface area contributed by atoms with Gasteiger partial charge in [-0.25, -0.2) is 0 Å². The Hall–Kier alpha value is -1.40. The number of rotatable bonds is 79. The molecule has 3 N–H and O–H groups in total. The molecule has 0 aliphatic heterocycles. The van der Waals surface area contributed by atoms with Crippen molar-refractivity contribution < 1.29 is 24.5 Å². The Morgan fingerprint density at radius 1 is 0.303 bits per heavy atom. The van der Waals surface area contributed by atoms with Crippen molar-refractivity contribution in [1.29, 1.82) is 0 Å². The molecule has 2 atom stereocenters. The summed E-state index contributed by atoms with van der Waals surface area (Å²) >= 11 is 0. The van der Waals surface area contributed by atoms with E-state index in [1.165, 1.54) is 417 Å². The van der Waals surface area contributed by atoms with E-state index in [4.69, 9.17) is 4.74 Å². The SMILES string of the molecule is CCCCCCCCCCCCCCCCCCCCCCCC/C=C/C(O)C(CO)NC(=O)CCCCCCCCCCCCCCCCCCCCCCCCCCCCCCCOC(=O)CCCCCCCCCCCCCCCCCCCCC. The number of nitrogens with one attached hydrogen (secondary N) is 1. The molecule has 0 spiro atoms. The van der Waals surface area contributed by atoms with Crippen molar-refractivity contribution in [2.45, 2.75) is 495 Å². The second kappa shape index (κ2) is 79.0. The van der Waals surface area contributed by atoms with Gasteiger partial charge in [-0.2, -0.15) is 0 Å². The minimum Gasteiger partial charge on any atom is -0.466 e. The van der Waals surface area contributed by atoms with Crippen molar-refractivity contribution in [3.8, 4) is 0 Å². The fourth-order valence-electron chi connectivity index (χ4n) is 13.5. The molecule has 0 heterocycles. The molecule has 0 aromatic rings. The Morgan fingerprint density at radius 3 is 0.764 bits per heavy atom. The van der Waals surface area contributed by atoms with Crippen molar-refractivity contribution in [1.82, 2.24) is 5.32 Å². The molecule has 6 nitrogen and oxygen atoms in total. The fourth-order valence-corrected chi connectivity index (χ4v) is 13.5. The zero-order chi connectivity index (χ0) is 64.2. The third-order valence-corrected chi connectivity index (χ3v) is 19.8. The lowest BCUT2D eigenvalue weighted by atomic mass is 10.0. The Morgan fingerprint density at radius 2 is 0.517 bits per heavy atom. The first-order chi connectivity index (χ1) is 44.0. The summed E-state index contributed by atoms with van der Waals surface area (Å²) in [5.41, 5.74) is 0. The molecule has 6 heteroatoms. The van der Waals surface area contributed by atoms with Crippen LogP contribution in [-0.4, -0.2) is 47.4 Å². The summed E-state index contributed by atoms with van der Waals surface area (Å²) < 4.78 is 5.52. The number of unbranched alkanes of at least 4 members (excludes halogenated alkanes) is 68. The molecule has 0 rings (SSSR count). The predicted octanol–water partition coefficient (Wildman–Crippen LogP) is 27.4. The average molecular weight is 1260 g/mol. The highest BCUT2D eigenvalue weighted by atomic mass is 16.5. The smallest absolute Gasteiger partial charge is 0.305 e. The largest absolute Gasteiger partial charge is 0.466 e. The highest BCUT2D eigenvalue weighted by Crippen LogP contribution is 2.21. The van der Waals surface area contributed by atoms with Crippen LogP contribution in [-0.2, 0) is 14.3 Å². The molecule has 89 heavy (non-hydrogen) atoms. The van der Waals surface area contributed by atoms with E-state index in [0.29, 0.717) is 19.4 Å². The predicted molar refractivity (Wildman–Crippen MR) is 394 cm³/mol. The summed E-state index contributed by atoms with van der Waals surface area (Å²) in [4.78, 5) is 24.7. The normalized spacial score (nSPS) is 12.4. The fraction of sp³-hybridized carbons (Fsp3) is 0.952. The first kappa shape index (κ1) is 87.6. The number of esters is 1. The summed E-state index contributed by atoms with van der Waals surface area (Å²) in [6, 6.07) is -0.626. The highest BCUT2D eigenvalue weighted by Gasteiger charge is 2.18. The maximum absolute atomic E-state index is 12.6. The molecule has 0 saturated carbocycles. The van der Waals surface area contributed by atoms with Crippen LogP contribution in [0.3, 0.4) is 0 Å². The molecule has 530 valence electrons. The molecule has 0 aliphatic rings. The number of hydrogen-bond donors (Lipinski definition) is 3. The van der Waals surface area contributed by atoms with E-state index >= 15 is 0 Å². The lowest BCUT2D eigenvalue weighted by Crippen LogP contribution is -2.45. The summed E-state index contributed by atoms with van der Waals surface area (Å²) in [6.45, 7) is 4.97. The van der Waals surface area contributed by atoms with Crippen molar-refractivity contribution in [3.05, 3.63) is 12.2 Å². The van der Waals surface area contributed by atoms with Crippen LogP contribution in [0.4, 0.5) is 0 Å². The molecule has 0 aromatic carbocycles. The van der Waals surface area contributed by atoms with E-state index in [1.54, 1.807) is 6.08 Å². The molecular weight excluding hydrogens is 1090 g/mol. The number of carbonyl (C=O) groups excluding carboxylic acids is 2. The Bertz CT molecular complexity index is 1350. The number of carbonyl (C=O) groups is 2. The van der Waals surface area contributed by atoms with E-state index < -0.39 is 12.1 Å². The van der Waals surface area contributed by atoms with Crippen molar-refractivity contribution in [3.63, 3.8) is 0 Å². The molecule has 0 bridgehead atoms. The third-order valence-electron chi connectivity index (χ3n) is 19.8. The standard InChI is InChI=1S/C83H163NO5/c1-3-5-7-9-11-13-15-17-19-21-23-24-25-33-36-40-43-47-51-55-59-63-67-71-75-81(86)80(79-85)84-82(87)76-72-68-64-60-56-52-48-44-41-37-34-31-29-27-26-28-30-32-35-38-42-46-50-54-58-62-66-70-74-78-89-83(88)77-73-69-65-61-57-53-49-45-39-22-20-18-16-14-12-10-8-6-4-2/h71,75,80-81,85-86H,3-70,72-74,76-79H2,1-2H3,(H,84,87)/b75-71+. The minimum absolute atomic E-state index is 0.0255. The molecule has 1 amide bonds. The second-order valence-electron chi connectivity index (χ2n) is 28.8. The van der Waals surface area contributed by atoms with Gasteiger partial charge >= 0.3 is 5.97 Å². The summed E-state index contributed by atoms with van der Waals surface area (Å²) in [7, 11) is 0. The second-order valence-corrected chi connectivity index (χ2v) is 28.8. The number of ether oxygens (including phenoxy) is 1. The molecule has 2 unspecified atom stereocenters. The Kier molecular flexibility index (Phi) is 77.8. The number of aliphatic hydroxyl groups is 2. The first-order valence-electron chi connectivity index (χ1n) is 41.5. The van der Waals surface area contributed by atoms with E-state index in [-0.39, 0.29) is 18.5 Å². The van der Waals surface area contributed by atoms with Crippen molar-refractivity contribution in [2.24, 2.45) is 0 Å². The van der Waals surface area contributed by atoms with Gasteiger partial charge in [-0.1, -0.05) is 450 Å². The van der Waals surface area contributed by atoms with Gasteiger partial charge in [0.1, 0.15) is 0 Å². The number of allylic oxidation sites excluding steroid dienone is 1. The van der Waals surface area contributed by atoms with E-state index in [1.807, 2.05) is 6.08 Å². The van der Waals surface area contributed by atoms with Crippen LogP contribution >= 0.6 is 0 Å². The molecular formula is C83H163NO5. The van der Waals surface area contributed by atoms with Crippen LogP contribution in [0.5, 0.6) is 0 Å². The van der Waals surface area contributed by atoms with E-state index in [9.17, 15) is 19.8 Å². The van der Waals surface area contributed by atoms with Gasteiger partial charge in [0.25, 0.3) is 0 Å². The van der Waals surface area contributed by atoms with Crippen LogP contribution in [0.1, 0.15) is 483 Å². The molecule has 0 fully saturated rings. The van der Waals surface area contributed by atoms with E-state index in [0.717, 1.165) is 38.5 Å². The van der Waals surface area contributed by atoms with Gasteiger partial charge < -0.3 is 20.3 Å². The van der Waals surface area contributed by atoms with Gasteiger partial charge in [0.15, 0.2) is 0 Å². The van der Waals surface area contributed by atoms with Gasteiger partial charge in [-0.3, -0.25) is 9.59 Å². The number of aliphatic hydroxyl groups excluding tert-OH is 2. The van der Waals surface area contributed by atoms with Crippen molar-refractivity contribution >= 4 is 11.9 Å². The zero-order valence-corrected chi connectivity index (χ0v) is 61.0. The maximum atomic E-state index is 12.6. The zero-order valence-electron chi connectivity index (χ0n) is 61.0. The van der Waals surface area contributed by atoms with Gasteiger partial charge in [0, 0.05) is 12.8 Å². The topological polar surface area (TPSA) is 95.9 Å². The maximum Gasteiger partial charge on any atom is 0.305 e. The Balaban J connectivity index is 3.34. The highest BCUT2D eigenvalue weighted by molar-refractivity contribution is 5.76. The lowest BCUT2D eigenvalue weighted by Gasteiger charge is -2.20. The van der Waals surface area contributed by atoms with Gasteiger partial charge in [-0.15, -0.1) is 0 Å². The molecule has 0 saturated heterocycles. The Labute approximate surface area is 559 Å². The van der Waals surface area contributed by atoms with Crippen LogP contribution in [0, 0.1) is 0 Å². The molecule has 0 aliphatic carbocycles. The summed E-state index contributed by atoms with van der Waals surface area (Å²) in [5.74, 6) is -0.0329. The lowest BCUT2D eigenvalue weighted by molar-refractivity contribution is -0.143. The average Bonchev–Trinajstić information content (AvgIpc) is 3.57.